The molecule has 1 unspecified atom stereocenters. The molecule has 1 N–H and O–H groups in total. The highest BCUT2D eigenvalue weighted by Crippen LogP contribution is 2.28. The van der Waals surface area contributed by atoms with Gasteiger partial charge in [0.15, 0.2) is 0 Å². The maximum Gasteiger partial charge on any atom is 0.335 e. The average molecular weight is 256 g/mol. The Labute approximate surface area is 111 Å². The van der Waals surface area contributed by atoms with Crippen molar-refractivity contribution in [2.24, 2.45) is 0 Å². The standard InChI is InChI=1S/C15H16N2O2/c1-10-3-2-4-14-16-13(9-17(10)14)11-5-7-12(8-6-11)15(18)19/h5-10H,2-4H2,1H3,(H,18,19). The van der Waals surface area contributed by atoms with Crippen LogP contribution in [-0.4, -0.2) is 20.6 Å². The third-order valence-electron chi connectivity index (χ3n) is 3.73. The average Bonchev–Trinajstić information content (AvgIpc) is 2.84. The van der Waals surface area contributed by atoms with Crippen molar-refractivity contribution in [2.45, 2.75) is 32.2 Å². The van der Waals surface area contributed by atoms with Crippen molar-refractivity contribution < 1.29 is 9.90 Å². The van der Waals surface area contributed by atoms with Gasteiger partial charge in [0, 0.05) is 24.2 Å². The summed E-state index contributed by atoms with van der Waals surface area (Å²) in [5, 5.41) is 8.89. The second kappa shape index (κ2) is 4.53. The molecule has 2 heterocycles. The first-order chi connectivity index (χ1) is 9.15. The fourth-order valence-corrected chi connectivity index (χ4v) is 2.62. The second-order valence-electron chi connectivity index (χ2n) is 5.07. The van der Waals surface area contributed by atoms with Crippen LogP contribution in [0.4, 0.5) is 0 Å². The number of carbonyl (C=O) groups is 1. The minimum absolute atomic E-state index is 0.307. The van der Waals surface area contributed by atoms with E-state index in [1.165, 1.54) is 12.8 Å². The Morgan fingerprint density at radius 1 is 1.37 bits per heavy atom. The van der Waals surface area contributed by atoms with Crippen LogP contribution in [0, 0.1) is 0 Å². The van der Waals surface area contributed by atoms with Crippen molar-refractivity contribution in [3.05, 3.63) is 41.9 Å². The summed E-state index contributed by atoms with van der Waals surface area (Å²) < 4.78 is 2.24. The molecule has 0 amide bonds. The van der Waals surface area contributed by atoms with E-state index in [1.807, 2.05) is 12.1 Å². The SMILES string of the molecule is CC1CCCc2nc(-c3ccc(C(=O)O)cc3)cn21. The summed E-state index contributed by atoms with van der Waals surface area (Å²) in [4.78, 5) is 15.5. The molecule has 1 aromatic heterocycles. The molecule has 1 aliphatic heterocycles. The Morgan fingerprint density at radius 2 is 2.11 bits per heavy atom. The predicted octanol–water partition coefficient (Wildman–Crippen LogP) is 3.15. The molecule has 1 aromatic carbocycles. The monoisotopic (exact) mass is 256 g/mol. The zero-order chi connectivity index (χ0) is 13.4. The molecule has 3 rings (SSSR count). The van der Waals surface area contributed by atoms with E-state index in [1.54, 1.807) is 12.1 Å². The lowest BCUT2D eigenvalue weighted by molar-refractivity contribution is 0.0697. The highest BCUT2D eigenvalue weighted by Gasteiger charge is 2.18. The molecule has 0 saturated heterocycles. The van der Waals surface area contributed by atoms with Crippen LogP contribution in [0.5, 0.6) is 0 Å². The molecule has 0 spiro atoms. The minimum atomic E-state index is -0.899. The third kappa shape index (κ3) is 2.14. The first-order valence-corrected chi connectivity index (χ1v) is 6.56. The summed E-state index contributed by atoms with van der Waals surface area (Å²) >= 11 is 0. The number of aryl methyl sites for hydroxylation is 1. The van der Waals surface area contributed by atoms with Gasteiger partial charge in [0.2, 0.25) is 0 Å². The Balaban J connectivity index is 1.96. The number of fused-ring (bicyclic) bond motifs is 1. The normalized spacial score (nSPS) is 18.1. The first kappa shape index (κ1) is 12.0. The molecule has 19 heavy (non-hydrogen) atoms. The van der Waals surface area contributed by atoms with Gasteiger partial charge in [-0.3, -0.25) is 0 Å². The molecule has 4 heteroatoms. The number of carboxylic acids is 1. The fourth-order valence-electron chi connectivity index (χ4n) is 2.62. The van der Waals surface area contributed by atoms with E-state index in [9.17, 15) is 4.79 Å². The van der Waals surface area contributed by atoms with Crippen LogP contribution < -0.4 is 0 Å². The molecule has 2 aromatic rings. The molecular formula is C15H16N2O2. The Kier molecular flexibility index (Phi) is 2.85. The first-order valence-electron chi connectivity index (χ1n) is 6.56. The number of imidazole rings is 1. The van der Waals surface area contributed by atoms with Gasteiger partial charge < -0.3 is 9.67 Å². The zero-order valence-corrected chi connectivity index (χ0v) is 10.8. The number of carboxylic acid groups (broad SMARTS) is 1. The molecule has 1 atom stereocenters. The largest absolute Gasteiger partial charge is 0.478 e. The van der Waals surface area contributed by atoms with Crippen LogP contribution in [0.2, 0.25) is 0 Å². The summed E-state index contributed by atoms with van der Waals surface area (Å²) in [6.07, 6.45) is 5.49. The summed E-state index contributed by atoms with van der Waals surface area (Å²) in [6, 6.07) is 7.40. The zero-order valence-electron chi connectivity index (χ0n) is 10.8. The van der Waals surface area contributed by atoms with Crippen molar-refractivity contribution in [3.8, 4) is 11.3 Å². The van der Waals surface area contributed by atoms with Crippen molar-refractivity contribution in [1.29, 1.82) is 0 Å². The number of benzene rings is 1. The van der Waals surface area contributed by atoms with Crippen LogP contribution in [0.3, 0.4) is 0 Å². The summed E-state index contributed by atoms with van der Waals surface area (Å²) in [7, 11) is 0. The summed E-state index contributed by atoms with van der Waals surface area (Å²) in [5.74, 6) is 0.236. The lowest BCUT2D eigenvalue weighted by Crippen LogP contribution is -2.14. The molecular weight excluding hydrogens is 240 g/mol. The Morgan fingerprint density at radius 3 is 2.74 bits per heavy atom. The Bertz CT molecular complexity index is 614. The smallest absolute Gasteiger partial charge is 0.335 e. The van der Waals surface area contributed by atoms with E-state index in [0.29, 0.717) is 11.6 Å². The van der Waals surface area contributed by atoms with Crippen molar-refractivity contribution in [2.75, 3.05) is 0 Å². The van der Waals surface area contributed by atoms with Crippen LogP contribution in [0.15, 0.2) is 30.5 Å². The lowest BCUT2D eigenvalue weighted by Gasteiger charge is -2.20. The van der Waals surface area contributed by atoms with Gasteiger partial charge >= 0.3 is 5.97 Å². The molecule has 1 aliphatic rings. The predicted molar refractivity (Wildman–Crippen MR) is 72.3 cm³/mol. The summed E-state index contributed by atoms with van der Waals surface area (Å²) in [6.45, 7) is 2.21. The van der Waals surface area contributed by atoms with Crippen LogP contribution >= 0.6 is 0 Å². The van der Waals surface area contributed by atoms with Gasteiger partial charge in [-0.15, -0.1) is 0 Å². The topological polar surface area (TPSA) is 55.1 Å². The van der Waals surface area contributed by atoms with Gasteiger partial charge in [-0.2, -0.15) is 0 Å². The van der Waals surface area contributed by atoms with Gasteiger partial charge in [-0.05, 0) is 31.9 Å². The molecule has 0 fully saturated rings. The van der Waals surface area contributed by atoms with E-state index in [0.717, 1.165) is 23.5 Å². The Hall–Kier alpha value is -2.10. The molecule has 0 radical (unpaired) electrons. The second-order valence-corrected chi connectivity index (χ2v) is 5.07. The lowest BCUT2D eigenvalue weighted by atomic mass is 10.1. The van der Waals surface area contributed by atoms with Gasteiger partial charge in [0.25, 0.3) is 0 Å². The highest BCUT2D eigenvalue weighted by atomic mass is 16.4. The van der Waals surface area contributed by atoms with Crippen LogP contribution in [-0.2, 0) is 6.42 Å². The number of aromatic nitrogens is 2. The number of hydrogen-bond acceptors (Lipinski definition) is 2. The van der Waals surface area contributed by atoms with Crippen LogP contribution in [0.25, 0.3) is 11.3 Å². The fraction of sp³-hybridized carbons (Fsp3) is 0.333. The van der Waals surface area contributed by atoms with Gasteiger partial charge in [-0.25, -0.2) is 9.78 Å². The van der Waals surface area contributed by atoms with Gasteiger partial charge in [0.05, 0.1) is 11.3 Å². The number of nitrogens with zero attached hydrogens (tertiary/aromatic N) is 2. The van der Waals surface area contributed by atoms with Crippen molar-refractivity contribution in [3.63, 3.8) is 0 Å². The minimum Gasteiger partial charge on any atom is -0.478 e. The molecule has 0 saturated carbocycles. The van der Waals surface area contributed by atoms with Gasteiger partial charge in [0.1, 0.15) is 5.82 Å². The maximum absolute atomic E-state index is 10.8. The number of aromatic carboxylic acids is 1. The van der Waals surface area contributed by atoms with Gasteiger partial charge in [-0.1, -0.05) is 12.1 Å². The van der Waals surface area contributed by atoms with E-state index in [-0.39, 0.29) is 0 Å². The third-order valence-corrected chi connectivity index (χ3v) is 3.73. The summed E-state index contributed by atoms with van der Waals surface area (Å²) in [5.41, 5.74) is 2.21. The van der Waals surface area contributed by atoms with E-state index >= 15 is 0 Å². The number of hydrogen-bond donors (Lipinski definition) is 1. The molecule has 0 aliphatic carbocycles. The number of rotatable bonds is 2. The molecule has 98 valence electrons. The van der Waals surface area contributed by atoms with E-state index < -0.39 is 5.97 Å². The molecule has 4 nitrogen and oxygen atoms in total. The van der Waals surface area contributed by atoms with Crippen molar-refractivity contribution >= 4 is 5.97 Å². The van der Waals surface area contributed by atoms with Crippen LogP contribution in [0.1, 0.15) is 42.0 Å². The van der Waals surface area contributed by atoms with Crippen molar-refractivity contribution in [1.82, 2.24) is 9.55 Å². The maximum atomic E-state index is 10.8. The quantitative estimate of drug-likeness (QED) is 0.898. The molecule has 0 bridgehead atoms. The van der Waals surface area contributed by atoms with E-state index in [4.69, 9.17) is 5.11 Å². The van der Waals surface area contributed by atoms with E-state index in [2.05, 4.69) is 22.7 Å². The highest BCUT2D eigenvalue weighted by molar-refractivity contribution is 5.88.